The molecular formula is C18H18O3P2. The summed E-state index contributed by atoms with van der Waals surface area (Å²) in [4.78, 5) is 19.4. The zero-order valence-electron chi connectivity index (χ0n) is 12.4. The van der Waals surface area contributed by atoms with Gasteiger partial charge in [-0.15, -0.1) is 0 Å². The standard InChI is InChI=1S/C18H18O3P2/c19-22(20)21-23(16-10-4-1-5-11-16,17-12-6-2-7-13-17)18-14-8-3-9-15-18/h1-15,19-20,23H. The monoisotopic (exact) mass is 344 g/mol. The molecule has 118 valence electrons. The van der Waals surface area contributed by atoms with Gasteiger partial charge in [0.05, 0.1) is 0 Å². The molecule has 0 heterocycles. The summed E-state index contributed by atoms with van der Waals surface area (Å²) < 4.78 is 5.91. The molecule has 0 unspecified atom stereocenters. The number of rotatable bonds is 5. The Morgan fingerprint density at radius 2 is 0.870 bits per heavy atom. The molecule has 0 atom stereocenters. The van der Waals surface area contributed by atoms with E-state index in [9.17, 15) is 9.79 Å². The molecule has 23 heavy (non-hydrogen) atoms. The van der Waals surface area contributed by atoms with Gasteiger partial charge in [0.15, 0.2) is 0 Å². The van der Waals surface area contributed by atoms with Crippen LogP contribution in [0.25, 0.3) is 0 Å². The van der Waals surface area contributed by atoms with Crippen molar-refractivity contribution in [1.82, 2.24) is 0 Å². The predicted molar refractivity (Wildman–Crippen MR) is 99.0 cm³/mol. The summed E-state index contributed by atoms with van der Waals surface area (Å²) in [5.41, 5.74) is 0. The van der Waals surface area contributed by atoms with Crippen LogP contribution in [0.15, 0.2) is 91.0 Å². The minimum absolute atomic E-state index is 0.980. The van der Waals surface area contributed by atoms with Crippen LogP contribution >= 0.6 is 16.1 Å². The quantitative estimate of drug-likeness (QED) is 0.700. The third kappa shape index (κ3) is 3.35. The first-order valence-electron chi connectivity index (χ1n) is 7.27. The van der Waals surface area contributed by atoms with Gasteiger partial charge in [0.2, 0.25) is 0 Å². The van der Waals surface area contributed by atoms with Crippen LogP contribution in [0.3, 0.4) is 0 Å². The zero-order chi connectivity index (χ0) is 16.1. The van der Waals surface area contributed by atoms with E-state index in [1.54, 1.807) is 0 Å². The molecule has 0 saturated heterocycles. The molecule has 0 fully saturated rings. The Morgan fingerprint density at radius 1 is 0.565 bits per heavy atom. The SMILES string of the molecule is OP(O)O[PH](c1ccccc1)(c1ccccc1)c1ccccc1. The molecule has 3 nitrogen and oxygen atoms in total. The van der Waals surface area contributed by atoms with Crippen molar-refractivity contribution in [2.45, 2.75) is 0 Å². The van der Waals surface area contributed by atoms with Crippen molar-refractivity contribution in [3.63, 3.8) is 0 Å². The van der Waals surface area contributed by atoms with E-state index < -0.39 is 16.1 Å². The first-order chi connectivity index (χ1) is 11.2. The van der Waals surface area contributed by atoms with Crippen molar-refractivity contribution in [3.8, 4) is 0 Å². The summed E-state index contributed by atoms with van der Waals surface area (Å²) in [6, 6.07) is 29.5. The van der Waals surface area contributed by atoms with E-state index in [-0.39, 0.29) is 0 Å². The molecular weight excluding hydrogens is 326 g/mol. The third-order valence-electron chi connectivity index (χ3n) is 3.76. The van der Waals surface area contributed by atoms with Gasteiger partial charge in [-0.3, -0.25) is 0 Å². The van der Waals surface area contributed by atoms with Crippen molar-refractivity contribution in [3.05, 3.63) is 91.0 Å². The van der Waals surface area contributed by atoms with Crippen molar-refractivity contribution in [1.29, 1.82) is 0 Å². The maximum atomic E-state index is 9.70. The summed E-state index contributed by atoms with van der Waals surface area (Å²) in [5, 5.41) is 2.94. The normalized spacial score (nSPS) is 12.3. The molecule has 0 aliphatic carbocycles. The Balaban J connectivity index is 2.30. The molecule has 0 radical (unpaired) electrons. The summed E-state index contributed by atoms with van der Waals surface area (Å²) in [6.07, 6.45) is 0. The third-order valence-corrected chi connectivity index (χ3v) is 8.95. The molecule has 0 saturated carbocycles. The summed E-state index contributed by atoms with van der Waals surface area (Å²) >= 11 is 0. The van der Waals surface area contributed by atoms with E-state index in [1.807, 2.05) is 91.0 Å². The van der Waals surface area contributed by atoms with Crippen LogP contribution in [-0.2, 0) is 4.31 Å². The Kier molecular flexibility index (Phi) is 5.17. The molecule has 3 rings (SSSR count). The fraction of sp³-hybridized carbons (Fsp3) is 0. The van der Waals surface area contributed by atoms with Crippen LogP contribution < -0.4 is 15.9 Å². The molecule has 3 aromatic rings. The fourth-order valence-corrected chi connectivity index (χ4v) is 8.03. The van der Waals surface area contributed by atoms with Crippen molar-refractivity contribution < 1.29 is 14.1 Å². The maximum absolute atomic E-state index is 9.70. The van der Waals surface area contributed by atoms with Gasteiger partial charge >= 0.3 is 137 Å². The van der Waals surface area contributed by atoms with Gasteiger partial charge in [-0.1, -0.05) is 0 Å². The number of benzene rings is 3. The summed E-state index contributed by atoms with van der Waals surface area (Å²) in [6.45, 7) is 0. The molecule has 2 N–H and O–H groups in total. The Morgan fingerprint density at radius 3 is 1.13 bits per heavy atom. The minimum atomic E-state index is -2.96. The average Bonchev–Trinajstić information content (AvgIpc) is 2.62. The molecule has 3 aromatic carbocycles. The van der Waals surface area contributed by atoms with Crippen LogP contribution in [0.4, 0.5) is 0 Å². The van der Waals surface area contributed by atoms with Crippen LogP contribution in [0.1, 0.15) is 0 Å². The first kappa shape index (κ1) is 16.3. The van der Waals surface area contributed by atoms with E-state index in [1.165, 1.54) is 0 Å². The number of hydrogen-bond acceptors (Lipinski definition) is 3. The molecule has 0 spiro atoms. The summed E-state index contributed by atoms with van der Waals surface area (Å²) in [7, 11) is -5.46. The molecule has 0 aromatic heterocycles. The van der Waals surface area contributed by atoms with E-state index >= 15 is 0 Å². The van der Waals surface area contributed by atoms with Gasteiger partial charge in [0.25, 0.3) is 0 Å². The topological polar surface area (TPSA) is 49.7 Å². The second kappa shape index (κ2) is 7.31. The average molecular weight is 344 g/mol. The van der Waals surface area contributed by atoms with Crippen LogP contribution in [0.5, 0.6) is 0 Å². The van der Waals surface area contributed by atoms with Gasteiger partial charge in [0, 0.05) is 0 Å². The Bertz CT molecular complexity index is 637. The van der Waals surface area contributed by atoms with Crippen LogP contribution in [0, 0.1) is 0 Å². The molecule has 5 heteroatoms. The second-order valence-corrected chi connectivity index (χ2v) is 9.45. The van der Waals surface area contributed by atoms with Crippen molar-refractivity contribution in [2.24, 2.45) is 0 Å². The zero-order valence-corrected chi connectivity index (χ0v) is 14.3. The summed E-state index contributed by atoms with van der Waals surface area (Å²) in [5.74, 6) is 0. The molecule has 0 aliphatic heterocycles. The van der Waals surface area contributed by atoms with Crippen molar-refractivity contribution >= 4 is 32.0 Å². The van der Waals surface area contributed by atoms with Crippen LogP contribution in [-0.4, -0.2) is 9.79 Å². The van der Waals surface area contributed by atoms with Crippen molar-refractivity contribution in [2.75, 3.05) is 0 Å². The van der Waals surface area contributed by atoms with E-state index in [0.717, 1.165) is 15.9 Å². The van der Waals surface area contributed by atoms with E-state index in [0.29, 0.717) is 0 Å². The molecule has 0 amide bonds. The van der Waals surface area contributed by atoms with E-state index in [4.69, 9.17) is 4.31 Å². The Hall–Kier alpha value is -1.60. The molecule has 0 bridgehead atoms. The fourth-order valence-electron chi connectivity index (χ4n) is 2.80. The first-order valence-corrected chi connectivity index (χ1v) is 10.3. The van der Waals surface area contributed by atoms with Gasteiger partial charge < -0.3 is 0 Å². The van der Waals surface area contributed by atoms with Gasteiger partial charge in [0.1, 0.15) is 0 Å². The van der Waals surface area contributed by atoms with E-state index in [2.05, 4.69) is 0 Å². The van der Waals surface area contributed by atoms with Gasteiger partial charge in [-0.25, -0.2) is 0 Å². The Labute approximate surface area is 137 Å². The second-order valence-electron chi connectivity index (χ2n) is 5.12. The van der Waals surface area contributed by atoms with Crippen LogP contribution in [0.2, 0.25) is 0 Å². The van der Waals surface area contributed by atoms with Gasteiger partial charge in [-0.2, -0.15) is 0 Å². The van der Waals surface area contributed by atoms with Gasteiger partial charge in [-0.05, 0) is 0 Å². The predicted octanol–water partition coefficient (Wildman–Crippen LogP) is 2.86. The molecule has 0 aliphatic rings. The number of hydrogen-bond donors (Lipinski definition) is 2.